The average Bonchev–Trinajstić information content (AvgIpc) is 3.40. The third kappa shape index (κ3) is 5.03. The summed E-state index contributed by atoms with van der Waals surface area (Å²) in [5, 5.41) is 3.29. The summed E-state index contributed by atoms with van der Waals surface area (Å²) in [6.07, 6.45) is 0.810. The molecule has 6 nitrogen and oxygen atoms in total. The molecular weight excluding hydrogens is 442 g/mol. The summed E-state index contributed by atoms with van der Waals surface area (Å²) in [6.45, 7) is 5.63. The van der Waals surface area contributed by atoms with Crippen LogP contribution >= 0.6 is 22.7 Å². The maximum absolute atomic E-state index is 12.3. The molecule has 1 amide bonds. The van der Waals surface area contributed by atoms with Gasteiger partial charge in [0, 0.05) is 18.7 Å². The van der Waals surface area contributed by atoms with Crippen molar-refractivity contribution in [2.75, 3.05) is 4.90 Å². The molecule has 0 aliphatic heterocycles. The molecule has 2 aromatic heterocycles. The molecule has 0 radical (unpaired) electrons. The van der Waals surface area contributed by atoms with Crippen molar-refractivity contribution in [3.63, 3.8) is 0 Å². The number of hydrogen-bond donors (Lipinski definition) is 0. The number of aromatic nitrogens is 2. The van der Waals surface area contributed by atoms with Gasteiger partial charge in [-0.2, -0.15) is 0 Å². The first-order valence-corrected chi connectivity index (χ1v) is 11.9. The Kier molecular flexibility index (Phi) is 6.62. The van der Waals surface area contributed by atoms with Gasteiger partial charge in [0.2, 0.25) is 5.91 Å². The number of hydrogen-bond acceptors (Lipinski definition) is 7. The molecule has 0 bridgehead atoms. The second-order valence-electron chi connectivity index (χ2n) is 7.48. The highest BCUT2D eigenvalue weighted by atomic mass is 32.1. The van der Waals surface area contributed by atoms with E-state index in [9.17, 15) is 9.59 Å². The third-order valence-electron chi connectivity index (χ3n) is 5.06. The van der Waals surface area contributed by atoms with E-state index in [0.717, 1.165) is 32.0 Å². The van der Waals surface area contributed by atoms with Gasteiger partial charge in [0.05, 0.1) is 33.0 Å². The van der Waals surface area contributed by atoms with Crippen molar-refractivity contribution in [1.82, 2.24) is 9.97 Å². The standard InChI is InChI=1S/C24H23N3O3S2/c1-15-8-9-19(12-16(15)2)27(17(3)28)24-25-18(14-31-24)13-30-23(29)11-10-22-26-20-6-4-5-7-21(20)32-22/h4-9,12,14H,10-11,13H2,1-3H3. The zero-order valence-corrected chi connectivity index (χ0v) is 19.8. The van der Waals surface area contributed by atoms with Crippen molar-refractivity contribution < 1.29 is 14.3 Å². The van der Waals surface area contributed by atoms with Crippen LogP contribution in [-0.4, -0.2) is 21.8 Å². The van der Waals surface area contributed by atoms with Gasteiger partial charge in [0.15, 0.2) is 5.13 Å². The van der Waals surface area contributed by atoms with Crippen molar-refractivity contribution in [2.24, 2.45) is 0 Å². The molecule has 2 heterocycles. The smallest absolute Gasteiger partial charge is 0.306 e. The van der Waals surface area contributed by atoms with Crippen LogP contribution in [0.5, 0.6) is 0 Å². The molecule has 0 aliphatic rings. The maximum atomic E-state index is 12.3. The Bertz CT molecular complexity index is 1250. The molecular formula is C24H23N3O3S2. The molecule has 0 unspecified atom stereocenters. The quantitative estimate of drug-likeness (QED) is 0.326. The minimum atomic E-state index is -0.295. The summed E-state index contributed by atoms with van der Waals surface area (Å²) in [5.41, 5.74) is 4.61. The molecule has 4 rings (SSSR count). The lowest BCUT2D eigenvalue weighted by atomic mass is 10.1. The normalized spacial score (nSPS) is 11.0. The van der Waals surface area contributed by atoms with E-state index in [0.29, 0.717) is 17.2 Å². The maximum Gasteiger partial charge on any atom is 0.306 e. The topological polar surface area (TPSA) is 72.4 Å². The Balaban J connectivity index is 1.36. The fourth-order valence-corrected chi connectivity index (χ4v) is 5.06. The van der Waals surface area contributed by atoms with Crippen molar-refractivity contribution in [3.8, 4) is 0 Å². The van der Waals surface area contributed by atoms with Crippen LogP contribution in [0.15, 0.2) is 47.8 Å². The van der Waals surface area contributed by atoms with Gasteiger partial charge in [0.25, 0.3) is 0 Å². The summed E-state index contributed by atoms with van der Waals surface area (Å²) in [4.78, 5) is 35.2. The second kappa shape index (κ2) is 9.58. The number of anilines is 2. The molecule has 0 N–H and O–H groups in total. The Morgan fingerprint density at radius 2 is 1.88 bits per heavy atom. The minimum Gasteiger partial charge on any atom is -0.459 e. The second-order valence-corrected chi connectivity index (χ2v) is 9.43. The van der Waals surface area contributed by atoms with Gasteiger partial charge in [-0.3, -0.25) is 14.5 Å². The molecule has 0 aliphatic carbocycles. The molecule has 0 atom stereocenters. The zero-order chi connectivity index (χ0) is 22.7. The van der Waals surface area contributed by atoms with Crippen LogP contribution in [0.1, 0.15) is 35.2 Å². The predicted molar refractivity (Wildman–Crippen MR) is 129 cm³/mol. The number of nitrogens with zero attached hydrogens (tertiary/aromatic N) is 3. The van der Waals surface area contributed by atoms with Gasteiger partial charge in [-0.25, -0.2) is 9.97 Å². The Hall–Kier alpha value is -3.10. The van der Waals surface area contributed by atoms with Gasteiger partial charge in [-0.05, 0) is 49.2 Å². The molecule has 0 fully saturated rings. The minimum absolute atomic E-state index is 0.0772. The van der Waals surface area contributed by atoms with Gasteiger partial charge >= 0.3 is 5.97 Å². The molecule has 164 valence electrons. The number of rotatable bonds is 7. The monoisotopic (exact) mass is 465 g/mol. The molecule has 0 saturated carbocycles. The Morgan fingerprint density at radius 3 is 2.62 bits per heavy atom. The van der Waals surface area contributed by atoms with Gasteiger partial charge in [-0.15, -0.1) is 22.7 Å². The first-order valence-electron chi connectivity index (χ1n) is 10.2. The summed E-state index contributed by atoms with van der Waals surface area (Å²) < 4.78 is 6.51. The van der Waals surface area contributed by atoms with Crippen LogP contribution in [0.2, 0.25) is 0 Å². The highest BCUT2D eigenvalue weighted by Crippen LogP contribution is 2.30. The van der Waals surface area contributed by atoms with Crippen LogP contribution < -0.4 is 4.90 Å². The number of thiazole rings is 2. The Labute approximate surface area is 194 Å². The molecule has 2 aromatic carbocycles. The first kappa shape index (κ1) is 22.1. The number of esters is 1. The van der Waals surface area contributed by atoms with Crippen LogP contribution in [-0.2, 0) is 27.4 Å². The number of aryl methyl sites for hydroxylation is 3. The van der Waals surface area contributed by atoms with Crippen LogP contribution in [0.25, 0.3) is 10.2 Å². The number of carbonyl (C=O) groups is 2. The van der Waals surface area contributed by atoms with E-state index in [-0.39, 0.29) is 24.9 Å². The lowest BCUT2D eigenvalue weighted by Gasteiger charge is -2.19. The van der Waals surface area contributed by atoms with Crippen molar-refractivity contribution >= 4 is 55.6 Å². The first-order chi connectivity index (χ1) is 15.4. The number of carbonyl (C=O) groups excluding carboxylic acids is 2. The molecule has 4 aromatic rings. The summed E-state index contributed by atoms with van der Waals surface area (Å²) in [6, 6.07) is 13.8. The summed E-state index contributed by atoms with van der Waals surface area (Å²) in [7, 11) is 0. The fourth-order valence-electron chi connectivity index (χ4n) is 3.22. The SMILES string of the molecule is CC(=O)N(c1ccc(C)c(C)c1)c1nc(COC(=O)CCc2nc3ccccc3s2)cs1. The van der Waals surface area contributed by atoms with E-state index in [1.807, 2.05) is 61.7 Å². The molecule has 8 heteroatoms. The molecule has 0 saturated heterocycles. The lowest BCUT2D eigenvalue weighted by molar-refractivity contribution is -0.145. The number of para-hydroxylation sites is 1. The molecule has 0 spiro atoms. The van der Waals surface area contributed by atoms with Crippen molar-refractivity contribution in [1.29, 1.82) is 0 Å². The molecule has 32 heavy (non-hydrogen) atoms. The zero-order valence-electron chi connectivity index (χ0n) is 18.1. The third-order valence-corrected chi connectivity index (χ3v) is 7.03. The summed E-state index contributed by atoms with van der Waals surface area (Å²) >= 11 is 2.95. The van der Waals surface area contributed by atoms with Gasteiger partial charge < -0.3 is 4.74 Å². The predicted octanol–water partition coefficient (Wildman–Crippen LogP) is 5.73. The van der Waals surface area contributed by atoms with Crippen LogP contribution in [0, 0.1) is 13.8 Å². The van der Waals surface area contributed by atoms with Gasteiger partial charge in [-0.1, -0.05) is 18.2 Å². The average molecular weight is 466 g/mol. The highest BCUT2D eigenvalue weighted by molar-refractivity contribution is 7.18. The largest absolute Gasteiger partial charge is 0.459 e. The number of amides is 1. The number of benzene rings is 2. The van der Waals surface area contributed by atoms with E-state index in [2.05, 4.69) is 9.97 Å². The number of fused-ring (bicyclic) bond motifs is 1. The van der Waals surface area contributed by atoms with E-state index in [4.69, 9.17) is 4.74 Å². The van der Waals surface area contributed by atoms with Crippen molar-refractivity contribution in [3.05, 3.63) is 69.7 Å². The highest BCUT2D eigenvalue weighted by Gasteiger charge is 2.19. The van der Waals surface area contributed by atoms with E-state index in [1.54, 1.807) is 16.2 Å². The lowest BCUT2D eigenvalue weighted by Crippen LogP contribution is -2.22. The van der Waals surface area contributed by atoms with Crippen molar-refractivity contribution in [2.45, 2.75) is 40.2 Å². The summed E-state index contributed by atoms with van der Waals surface area (Å²) in [5.74, 6) is -0.418. The van der Waals surface area contributed by atoms with E-state index >= 15 is 0 Å². The Morgan fingerprint density at radius 1 is 1.06 bits per heavy atom. The number of ether oxygens (including phenoxy) is 1. The van der Waals surface area contributed by atoms with E-state index in [1.165, 1.54) is 18.3 Å². The fraction of sp³-hybridized carbons (Fsp3) is 0.250. The van der Waals surface area contributed by atoms with Gasteiger partial charge in [0.1, 0.15) is 6.61 Å². The van der Waals surface area contributed by atoms with E-state index < -0.39 is 0 Å². The van der Waals surface area contributed by atoms with Crippen LogP contribution in [0.4, 0.5) is 10.8 Å². The van der Waals surface area contributed by atoms with Crippen LogP contribution in [0.3, 0.4) is 0 Å².